The van der Waals surface area contributed by atoms with Gasteiger partial charge >= 0.3 is 0 Å². The number of hydrogen-bond acceptors (Lipinski definition) is 3. The van der Waals surface area contributed by atoms with Crippen LogP contribution in [0.2, 0.25) is 0 Å². The van der Waals surface area contributed by atoms with Crippen molar-refractivity contribution in [1.82, 2.24) is 0 Å². The molecule has 0 heterocycles. The van der Waals surface area contributed by atoms with Gasteiger partial charge in [-0.3, -0.25) is 4.79 Å². The van der Waals surface area contributed by atoms with Gasteiger partial charge in [0.1, 0.15) is 12.4 Å². The van der Waals surface area contributed by atoms with Gasteiger partial charge in [-0.1, -0.05) is 24.3 Å². The van der Waals surface area contributed by atoms with Crippen LogP contribution in [0, 0.1) is 0 Å². The van der Waals surface area contributed by atoms with Gasteiger partial charge in [-0.2, -0.15) is 0 Å². The molecule has 0 spiro atoms. The molecule has 0 aliphatic carbocycles. The summed E-state index contributed by atoms with van der Waals surface area (Å²) >= 11 is 0. The Morgan fingerprint density at radius 1 is 1.54 bits per heavy atom. The Kier molecular flexibility index (Phi) is 3.61. The molecule has 0 saturated heterocycles. The zero-order valence-electron chi connectivity index (χ0n) is 7.43. The highest BCUT2D eigenvalue weighted by atomic mass is 16.5. The first-order chi connectivity index (χ1) is 6.33. The average Bonchev–Trinajstić information content (AvgIpc) is 2.20. The van der Waals surface area contributed by atoms with Gasteiger partial charge in [-0.25, -0.2) is 0 Å². The largest absolute Gasteiger partial charge is 0.393 e. The van der Waals surface area contributed by atoms with Crippen LogP contribution in [0.1, 0.15) is 22.0 Å². The molecule has 0 aliphatic heterocycles. The van der Waals surface area contributed by atoms with Crippen LogP contribution in [0.15, 0.2) is 24.3 Å². The van der Waals surface area contributed by atoms with E-state index in [-0.39, 0.29) is 6.61 Å². The van der Waals surface area contributed by atoms with Crippen molar-refractivity contribution in [3.05, 3.63) is 35.4 Å². The molecule has 0 amide bonds. The number of carbonyl (C=O) groups is 1. The Balaban J connectivity index is 3.03. The molecule has 13 heavy (non-hydrogen) atoms. The van der Waals surface area contributed by atoms with Crippen LogP contribution in [0.3, 0.4) is 0 Å². The fourth-order valence-corrected chi connectivity index (χ4v) is 1.21. The standard InChI is InChI=1S/C10H12O3/c1-13-10(7-12)9-5-3-2-4-8(9)6-11/h2-6,10,12H,7H2,1H3. The molecule has 0 aromatic heterocycles. The zero-order chi connectivity index (χ0) is 9.68. The third-order valence-corrected chi connectivity index (χ3v) is 1.92. The van der Waals surface area contributed by atoms with Gasteiger partial charge in [0.05, 0.1) is 6.61 Å². The molecule has 3 heteroatoms. The van der Waals surface area contributed by atoms with Crippen molar-refractivity contribution < 1.29 is 14.6 Å². The fourth-order valence-electron chi connectivity index (χ4n) is 1.21. The third-order valence-electron chi connectivity index (χ3n) is 1.92. The second-order valence-electron chi connectivity index (χ2n) is 2.65. The van der Waals surface area contributed by atoms with Crippen molar-refractivity contribution in [3.8, 4) is 0 Å². The molecule has 1 aromatic carbocycles. The lowest BCUT2D eigenvalue weighted by Crippen LogP contribution is -2.08. The number of aliphatic hydroxyl groups excluding tert-OH is 1. The minimum atomic E-state index is -0.415. The summed E-state index contributed by atoms with van der Waals surface area (Å²) in [5.74, 6) is 0. The minimum Gasteiger partial charge on any atom is -0.393 e. The van der Waals surface area contributed by atoms with Crippen LogP contribution in [0.25, 0.3) is 0 Å². The zero-order valence-corrected chi connectivity index (χ0v) is 7.43. The highest BCUT2D eigenvalue weighted by Crippen LogP contribution is 2.18. The van der Waals surface area contributed by atoms with Crippen molar-refractivity contribution in [2.75, 3.05) is 13.7 Å². The van der Waals surface area contributed by atoms with E-state index in [1.54, 1.807) is 18.2 Å². The van der Waals surface area contributed by atoms with Crippen LogP contribution in [-0.2, 0) is 4.74 Å². The third kappa shape index (κ3) is 2.14. The molecule has 0 aliphatic rings. The number of hydrogen-bond donors (Lipinski definition) is 1. The van der Waals surface area contributed by atoms with Gasteiger partial charge in [-0.05, 0) is 5.56 Å². The van der Waals surface area contributed by atoms with Gasteiger partial charge < -0.3 is 9.84 Å². The molecule has 1 rings (SSSR count). The van der Waals surface area contributed by atoms with E-state index < -0.39 is 6.10 Å². The van der Waals surface area contributed by atoms with Gasteiger partial charge in [0, 0.05) is 12.7 Å². The molecule has 1 N–H and O–H groups in total. The SMILES string of the molecule is COC(CO)c1ccccc1C=O. The Bertz CT molecular complexity index is 279. The molecule has 1 atom stereocenters. The first-order valence-corrected chi connectivity index (χ1v) is 4.01. The summed E-state index contributed by atoms with van der Waals surface area (Å²) < 4.78 is 5.02. The van der Waals surface area contributed by atoms with Gasteiger partial charge in [0.15, 0.2) is 0 Å². The maximum Gasteiger partial charge on any atom is 0.150 e. The van der Waals surface area contributed by atoms with E-state index in [0.29, 0.717) is 5.56 Å². The first kappa shape index (κ1) is 9.89. The summed E-state index contributed by atoms with van der Waals surface area (Å²) in [4.78, 5) is 10.6. The Hall–Kier alpha value is -1.19. The van der Waals surface area contributed by atoms with E-state index in [1.807, 2.05) is 6.07 Å². The Labute approximate surface area is 77.0 Å². The summed E-state index contributed by atoms with van der Waals surface area (Å²) in [5, 5.41) is 8.96. The number of rotatable bonds is 4. The van der Waals surface area contributed by atoms with Gasteiger partial charge in [0.2, 0.25) is 0 Å². The van der Waals surface area contributed by atoms with Crippen molar-refractivity contribution >= 4 is 6.29 Å². The quantitative estimate of drug-likeness (QED) is 0.708. The lowest BCUT2D eigenvalue weighted by molar-refractivity contribution is 0.0479. The summed E-state index contributed by atoms with van der Waals surface area (Å²) in [6.45, 7) is -0.124. The van der Waals surface area contributed by atoms with Crippen LogP contribution >= 0.6 is 0 Å². The smallest absolute Gasteiger partial charge is 0.150 e. The maximum atomic E-state index is 10.6. The number of carbonyl (C=O) groups excluding carboxylic acids is 1. The molecule has 0 fully saturated rings. The van der Waals surface area contributed by atoms with Crippen LogP contribution in [0.4, 0.5) is 0 Å². The van der Waals surface area contributed by atoms with Crippen molar-refractivity contribution in [1.29, 1.82) is 0 Å². The lowest BCUT2D eigenvalue weighted by Gasteiger charge is -2.13. The second-order valence-corrected chi connectivity index (χ2v) is 2.65. The van der Waals surface area contributed by atoms with Gasteiger partial charge in [0.25, 0.3) is 0 Å². The minimum absolute atomic E-state index is 0.124. The van der Waals surface area contributed by atoms with Crippen LogP contribution < -0.4 is 0 Å². The lowest BCUT2D eigenvalue weighted by atomic mass is 10.0. The van der Waals surface area contributed by atoms with E-state index >= 15 is 0 Å². The van der Waals surface area contributed by atoms with E-state index in [9.17, 15) is 4.79 Å². The van der Waals surface area contributed by atoms with Gasteiger partial charge in [-0.15, -0.1) is 0 Å². The van der Waals surface area contributed by atoms with Crippen LogP contribution in [-0.4, -0.2) is 25.1 Å². The predicted molar refractivity (Wildman–Crippen MR) is 48.7 cm³/mol. The topological polar surface area (TPSA) is 46.5 Å². The molecule has 1 unspecified atom stereocenters. The van der Waals surface area contributed by atoms with E-state index in [2.05, 4.69) is 0 Å². The highest BCUT2D eigenvalue weighted by Gasteiger charge is 2.12. The number of methoxy groups -OCH3 is 1. The fraction of sp³-hybridized carbons (Fsp3) is 0.300. The molecule has 3 nitrogen and oxygen atoms in total. The number of aldehydes is 1. The predicted octanol–water partition coefficient (Wildman–Crippen LogP) is 1.18. The van der Waals surface area contributed by atoms with E-state index in [0.717, 1.165) is 11.8 Å². The summed E-state index contributed by atoms with van der Waals surface area (Å²) in [6.07, 6.45) is 0.346. The van der Waals surface area contributed by atoms with Crippen molar-refractivity contribution in [2.45, 2.75) is 6.10 Å². The van der Waals surface area contributed by atoms with Crippen molar-refractivity contribution in [3.63, 3.8) is 0 Å². The summed E-state index contributed by atoms with van der Waals surface area (Å²) in [6, 6.07) is 7.06. The Morgan fingerprint density at radius 3 is 2.77 bits per heavy atom. The molecule has 70 valence electrons. The summed E-state index contributed by atoms with van der Waals surface area (Å²) in [7, 11) is 1.50. The average molecular weight is 180 g/mol. The number of benzene rings is 1. The number of aliphatic hydroxyl groups is 1. The van der Waals surface area contributed by atoms with E-state index in [4.69, 9.17) is 9.84 Å². The van der Waals surface area contributed by atoms with Crippen LogP contribution in [0.5, 0.6) is 0 Å². The Morgan fingerprint density at radius 2 is 2.23 bits per heavy atom. The van der Waals surface area contributed by atoms with Crippen molar-refractivity contribution in [2.24, 2.45) is 0 Å². The summed E-state index contributed by atoms with van der Waals surface area (Å²) in [5.41, 5.74) is 1.28. The monoisotopic (exact) mass is 180 g/mol. The molecule has 0 saturated carbocycles. The molecule has 0 radical (unpaired) electrons. The molecular weight excluding hydrogens is 168 g/mol. The number of ether oxygens (including phenoxy) is 1. The second kappa shape index (κ2) is 4.74. The highest BCUT2D eigenvalue weighted by molar-refractivity contribution is 5.77. The maximum absolute atomic E-state index is 10.6. The normalized spacial score (nSPS) is 12.5. The first-order valence-electron chi connectivity index (χ1n) is 4.01. The molecule has 1 aromatic rings. The van der Waals surface area contributed by atoms with E-state index in [1.165, 1.54) is 7.11 Å². The molecular formula is C10H12O3. The molecule has 0 bridgehead atoms.